The summed E-state index contributed by atoms with van der Waals surface area (Å²) >= 11 is 6.34. The number of likely N-dealkylation sites (N-methyl/N-ethyl adjacent to an activating group) is 1. The van der Waals surface area contributed by atoms with Crippen LogP contribution in [0.25, 0.3) is 0 Å². The lowest BCUT2D eigenvalue weighted by Crippen LogP contribution is -2.47. The van der Waals surface area contributed by atoms with Crippen molar-refractivity contribution in [1.82, 2.24) is 9.62 Å². The highest BCUT2D eigenvalue weighted by atomic mass is 35.5. The smallest absolute Gasteiger partial charge is 0.410 e. The van der Waals surface area contributed by atoms with Gasteiger partial charge in [0, 0.05) is 37.7 Å². The lowest BCUT2D eigenvalue weighted by atomic mass is 9.70. The van der Waals surface area contributed by atoms with Crippen molar-refractivity contribution in [2.24, 2.45) is 11.8 Å². The molecule has 11 nitrogen and oxygen atoms in total. The van der Waals surface area contributed by atoms with Gasteiger partial charge in [-0.25, -0.2) is 17.9 Å². The molecule has 6 rings (SSSR count). The summed E-state index contributed by atoms with van der Waals surface area (Å²) in [6.07, 6.45) is 7.78. The van der Waals surface area contributed by atoms with Gasteiger partial charge in [0.2, 0.25) is 0 Å². The molecule has 2 bridgehead atoms. The van der Waals surface area contributed by atoms with Gasteiger partial charge in [-0.2, -0.15) is 0 Å². The van der Waals surface area contributed by atoms with Crippen LogP contribution < -0.4 is 14.4 Å². The first-order valence-corrected chi connectivity index (χ1v) is 19.0. The van der Waals surface area contributed by atoms with E-state index >= 15 is 0 Å². The molecular weight excluding hydrogens is 670 g/mol. The Morgan fingerprint density at radius 3 is 2.69 bits per heavy atom. The van der Waals surface area contributed by atoms with Gasteiger partial charge in [0.25, 0.3) is 15.9 Å². The fraction of sp³-hybridized carbons (Fsp3) is 0.556. The van der Waals surface area contributed by atoms with Crippen molar-refractivity contribution < 1.29 is 37.0 Å². The molecule has 0 aromatic heterocycles. The molecule has 1 N–H and O–H groups in total. The molecule has 4 atom stereocenters. The number of fused-ring (bicyclic) bond motifs is 3. The Balaban J connectivity index is 1.35. The third-order valence-corrected chi connectivity index (χ3v) is 11.8. The number of nitrogens with one attached hydrogen (secondary N) is 1. The molecule has 3 heterocycles. The van der Waals surface area contributed by atoms with E-state index in [0.29, 0.717) is 42.8 Å². The fourth-order valence-corrected chi connectivity index (χ4v) is 8.20. The number of amides is 2. The van der Waals surface area contributed by atoms with E-state index in [1.807, 2.05) is 24.3 Å². The zero-order valence-corrected chi connectivity index (χ0v) is 29.9. The second kappa shape index (κ2) is 14.9. The van der Waals surface area contributed by atoms with E-state index in [-0.39, 0.29) is 36.0 Å². The average Bonchev–Trinajstić information content (AvgIpc) is 3.58. The largest absolute Gasteiger partial charge is 0.487 e. The zero-order valence-electron chi connectivity index (χ0n) is 28.4. The number of nitrogens with zero attached hydrogens (tertiary/aromatic N) is 2. The van der Waals surface area contributed by atoms with Gasteiger partial charge in [0.05, 0.1) is 29.8 Å². The fourth-order valence-electron chi connectivity index (χ4n) is 6.88. The highest BCUT2D eigenvalue weighted by Gasteiger charge is 2.41. The minimum absolute atomic E-state index is 0.0219. The standard InChI is InChI=1S/C36H46ClN3O8S/c1-36(2)34(41)38-49(43,44)29-12-14-33-31(20-29)40(16-5-4-7-24-19-27(37)11-9-26(24)22-46-33)21-25-10-13-30(25)32(8-6-17-47-36)48-35(42)39(3)28-15-18-45-23-28/h6,8-9,11-12,14,19-20,25,28,30,32H,4-5,7,10,13,15-18,21-23H2,1-3H3,(H,38,41)/b8-6+/t25-,28-,30+,32-/m0/s1. The maximum absolute atomic E-state index is 13.6. The van der Waals surface area contributed by atoms with Crippen molar-refractivity contribution in [3.8, 4) is 5.75 Å². The first-order valence-electron chi connectivity index (χ1n) is 17.1. The van der Waals surface area contributed by atoms with Crippen LogP contribution in [0.15, 0.2) is 53.4 Å². The van der Waals surface area contributed by atoms with Gasteiger partial charge in [-0.1, -0.05) is 23.7 Å². The number of hydrogen-bond donors (Lipinski definition) is 1. The Morgan fingerprint density at radius 1 is 1.10 bits per heavy atom. The van der Waals surface area contributed by atoms with Gasteiger partial charge in [-0.3, -0.25) is 4.79 Å². The molecule has 13 heteroatoms. The van der Waals surface area contributed by atoms with Gasteiger partial charge in [0.15, 0.2) is 0 Å². The number of anilines is 1. The molecule has 1 aliphatic carbocycles. The van der Waals surface area contributed by atoms with Gasteiger partial charge in [-0.05, 0) is 106 Å². The monoisotopic (exact) mass is 715 g/mol. The number of hydrogen-bond acceptors (Lipinski definition) is 9. The molecule has 49 heavy (non-hydrogen) atoms. The molecule has 0 unspecified atom stereocenters. The number of aryl methyl sites for hydroxylation is 1. The number of carbonyl (C=O) groups excluding carboxylic acids is 2. The molecule has 4 aliphatic rings. The summed E-state index contributed by atoms with van der Waals surface area (Å²) in [5, 5.41) is 0.674. The number of halogens is 1. The number of benzene rings is 2. The normalized spacial score (nSPS) is 27.5. The second-order valence-electron chi connectivity index (χ2n) is 13.9. The van der Waals surface area contributed by atoms with Crippen LogP contribution in [0.5, 0.6) is 5.75 Å². The van der Waals surface area contributed by atoms with Crippen molar-refractivity contribution >= 4 is 39.3 Å². The second-order valence-corrected chi connectivity index (χ2v) is 16.0. The third kappa shape index (κ3) is 8.19. The number of sulfonamides is 1. The van der Waals surface area contributed by atoms with Crippen molar-refractivity contribution in [3.63, 3.8) is 0 Å². The van der Waals surface area contributed by atoms with Crippen LogP contribution in [0.1, 0.15) is 57.1 Å². The SMILES string of the molecule is CN(C(=O)O[C@H]1/C=C/COC(C)(C)C(=O)NS(=O)(=O)c2ccc3c(c2)N(CCCCc2cc(Cl)ccc2CO3)C[C@@H]2CC[C@H]21)[C@H]1CCOC1. The molecule has 266 valence electrons. The first-order chi connectivity index (χ1) is 23.4. The number of carbonyl (C=O) groups is 2. The van der Waals surface area contributed by atoms with Gasteiger partial charge < -0.3 is 28.7 Å². The maximum Gasteiger partial charge on any atom is 0.410 e. The molecule has 2 aromatic carbocycles. The van der Waals surface area contributed by atoms with E-state index < -0.39 is 33.7 Å². The maximum atomic E-state index is 13.6. The Hall–Kier alpha value is -3.32. The first kappa shape index (κ1) is 35.5. The average molecular weight is 716 g/mol. The van der Waals surface area contributed by atoms with Gasteiger partial charge in [-0.15, -0.1) is 0 Å². The van der Waals surface area contributed by atoms with Crippen LogP contribution in [-0.4, -0.2) is 83.0 Å². The minimum Gasteiger partial charge on any atom is -0.487 e. The van der Waals surface area contributed by atoms with Crippen LogP contribution in [-0.2, 0) is 42.1 Å². The van der Waals surface area contributed by atoms with Crippen molar-refractivity contribution in [3.05, 3.63) is 64.7 Å². The van der Waals surface area contributed by atoms with Crippen LogP contribution >= 0.6 is 11.6 Å². The quantitative estimate of drug-likeness (QED) is 0.403. The summed E-state index contributed by atoms with van der Waals surface area (Å²) in [6.45, 7) is 5.69. The van der Waals surface area contributed by atoms with Gasteiger partial charge in [0.1, 0.15) is 24.1 Å². The van der Waals surface area contributed by atoms with E-state index in [9.17, 15) is 18.0 Å². The number of rotatable bonds is 2. The molecule has 1 saturated carbocycles. The summed E-state index contributed by atoms with van der Waals surface area (Å²) in [7, 11) is -2.50. The summed E-state index contributed by atoms with van der Waals surface area (Å²) in [6, 6.07) is 10.5. The van der Waals surface area contributed by atoms with Crippen LogP contribution in [0.3, 0.4) is 0 Å². The molecule has 2 amide bonds. The van der Waals surface area contributed by atoms with E-state index in [2.05, 4.69) is 9.62 Å². The molecule has 2 fully saturated rings. The van der Waals surface area contributed by atoms with E-state index in [4.69, 9.17) is 30.5 Å². The lowest BCUT2D eigenvalue weighted by Gasteiger charge is -2.44. The number of ether oxygens (including phenoxy) is 4. The Bertz CT molecular complexity index is 1680. The van der Waals surface area contributed by atoms with Crippen molar-refractivity contribution in [2.45, 2.75) is 81.6 Å². The van der Waals surface area contributed by atoms with E-state index in [1.54, 1.807) is 30.2 Å². The highest BCUT2D eigenvalue weighted by molar-refractivity contribution is 7.90. The molecule has 0 radical (unpaired) electrons. The van der Waals surface area contributed by atoms with Crippen LogP contribution in [0.2, 0.25) is 5.02 Å². The minimum atomic E-state index is -4.24. The molecule has 1 saturated heterocycles. The lowest BCUT2D eigenvalue weighted by molar-refractivity contribution is -0.139. The summed E-state index contributed by atoms with van der Waals surface area (Å²) in [4.78, 5) is 30.4. The molecule has 3 aliphatic heterocycles. The van der Waals surface area contributed by atoms with Crippen molar-refractivity contribution in [1.29, 1.82) is 0 Å². The Morgan fingerprint density at radius 2 is 1.94 bits per heavy atom. The summed E-state index contributed by atoms with van der Waals surface area (Å²) in [5.74, 6) is -0.0763. The Labute approximate surface area is 293 Å². The summed E-state index contributed by atoms with van der Waals surface area (Å²) < 4.78 is 53.4. The molecule has 2 aromatic rings. The molecular formula is C36H46ClN3O8S. The topological polar surface area (TPSA) is 124 Å². The predicted octanol–water partition coefficient (Wildman–Crippen LogP) is 5.48. The highest BCUT2D eigenvalue weighted by Crippen LogP contribution is 2.42. The van der Waals surface area contributed by atoms with Crippen LogP contribution in [0, 0.1) is 11.8 Å². The molecule has 0 spiro atoms. The Kier molecular flexibility index (Phi) is 10.8. The third-order valence-electron chi connectivity index (χ3n) is 10.2. The van der Waals surface area contributed by atoms with E-state index in [1.165, 1.54) is 19.9 Å². The predicted molar refractivity (Wildman–Crippen MR) is 185 cm³/mol. The van der Waals surface area contributed by atoms with Gasteiger partial charge >= 0.3 is 6.09 Å². The van der Waals surface area contributed by atoms with E-state index in [0.717, 1.165) is 49.7 Å². The van der Waals surface area contributed by atoms with Crippen molar-refractivity contribution in [2.75, 3.05) is 44.9 Å². The summed E-state index contributed by atoms with van der Waals surface area (Å²) in [5.41, 5.74) is 1.32. The van der Waals surface area contributed by atoms with Crippen LogP contribution in [0.4, 0.5) is 10.5 Å². The zero-order chi connectivity index (χ0) is 34.8.